The van der Waals surface area contributed by atoms with Gasteiger partial charge >= 0.3 is 6.18 Å². The van der Waals surface area contributed by atoms with E-state index in [1.54, 1.807) is 0 Å². The first kappa shape index (κ1) is 15.6. The summed E-state index contributed by atoms with van der Waals surface area (Å²) in [5.41, 5.74) is -2.25. The lowest BCUT2D eigenvalue weighted by Crippen LogP contribution is -2.53. The van der Waals surface area contributed by atoms with Crippen molar-refractivity contribution in [2.24, 2.45) is 41.4 Å². The summed E-state index contributed by atoms with van der Waals surface area (Å²) in [6.07, 6.45) is -3.83. The number of ether oxygens (including phenoxy) is 1. The van der Waals surface area contributed by atoms with Crippen LogP contribution in [0.5, 0.6) is 0 Å². The van der Waals surface area contributed by atoms with E-state index in [4.69, 9.17) is 4.74 Å². The highest BCUT2D eigenvalue weighted by atomic mass is 19.4. The summed E-state index contributed by atoms with van der Waals surface area (Å²) in [4.78, 5) is 0. The molecule has 0 saturated heterocycles. The molecule has 3 rings (SSSR count). The van der Waals surface area contributed by atoms with Gasteiger partial charge in [-0.2, -0.15) is 13.2 Å². The molecule has 0 aliphatic heterocycles. The maximum atomic E-state index is 13.4. The molecule has 2 bridgehead atoms. The minimum absolute atomic E-state index is 0.0306. The van der Waals surface area contributed by atoms with Gasteiger partial charge < -0.3 is 9.84 Å². The van der Waals surface area contributed by atoms with E-state index in [1.807, 2.05) is 0 Å². The molecule has 122 valence electrons. The third-order valence-corrected chi connectivity index (χ3v) is 7.29. The molecule has 0 amide bonds. The SMILES string of the molecule is COC(C)(C1CC2C3CC(C(C)C3C)C2C1O)C(F)(F)F. The molecule has 2 nitrogen and oxygen atoms in total. The van der Waals surface area contributed by atoms with Gasteiger partial charge in [0.2, 0.25) is 0 Å². The van der Waals surface area contributed by atoms with Gasteiger partial charge in [0.1, 0.15) is 0 Å². The molecule has 0 aromatic rings. The average Bonchev–Trinajstić information content (AvgIpc) is 3.01. The second-order valence-electron chi connectivity index (χ2n) is 7.66. The fraction of sp³-hybridized carbons (Fsp3) is 1.00. The summed E-state index contributed by atoms with van der Waals surface area (Å²) in [6.45, 7) is 5.49. The van der Waals surface area contributed by atoms with Crippen LogP contribution in [0.3, 0.4) is 0 Å². The van der Waals surface area contributed by atoms with Crippen LogP contribution in [0.25, 0.3) is 0 Å². The zero-order valence-electron chi connectivity index (χ0n) is 13.0. The molecule has 9 atom stereocenters. The van der Waals surface area contributed by atoms with Crippen molar-refractivity contribution in [3.05, 3.63) is 0 Å². The van der Waals surface area contributed by atoms with Crippen LogP contribution >= 0.6 is 0 Å². The predicted octanol–water partition coefficient (Wildman–Crippen LogP) is 3.49. The molecule has 5 heteroatoms. The van der Waals surface area contributed by atoms with Gasteiger partial charge in [0, 0.05) is 13.0 Å². The molecule has 21 heavy (non-hydrogen) atoms. The maximum absolute atomic E-state index is 13.4. The zero-order chi connectivity index (χ0) is 15.7. The molecule has 3 aliphatic carbocycles. The third kappa shape index (κ3) is 1.86. The van der Waals surface area contributed by atoms with Crippen molar-refractivity contribution in [1.29, 1.82) is 0 Å². The van der Waals surface area contributed by atoms with Gasteiger partial charge in [-0.3, -0.25) is 0 Å². The Kier molecular flexibility index (Phi) is 3.42. The first-order chi connectivity index (χ1) is 9.63. The molecule has 0 heterocycles. The number of fused-ring (bicyclic) bond motifs is 5. The minimum atomic E-state index is -4.46. The number of rotatable bonds is 2. The van der Waals surface area contributed by atoms with E-state index in [1.165, 1.54) is 0 Å². The first-order valence-corrected chi connectivity index (χ1v) is 7.93. The minimum Gasteiger partial charge on any atom is -0.392 e. The highest BCUT2D eigenvalue weighted by molar-refractivity contribution is 5.13. The van der Waals surface area contributed by atoms with E-state index in [-0.39, 0.29) is 11.8 Å². The van der Waals surface area contributed by atoms with Gasteiger partial charge in [-0.25, -0.2) is 0 Å². The van der Waals surface area contributed by atoms with Crippen LogP contribution in [-0.2, 0) is 4.74 Å². The zero-order valence-corrected chi connectivity index (χ0v) is 13.0. The predicted molar refractivity (Wildman–Crippen MR) is 72.5 cm³/mol. The van der Waals surface area contributed by atoms with E-state index >= 15 is 0 Å². The summed E-state index contributed by atoms with van der Waals surface area (Å²) < 4.78 is 45.2. The molecule has 0 radical (unpaired) electrons. The number of methoxy groups -OCH3 is 1. The summed E-state index contributed by atoms with van der Waals surface area (Å²) in [6, 6.07) is 0. The van der Waals surface area contributed by atoms with Crippen molar-refractivity contribution in [1.82, 2.24) is 0 Å². The van der Waals surface area contributed by atoms with Gasteiger partial charge in [0.05, 0.1) is 6.10 Å². The van der Waals surface area contributed by atoms with Gasteiger partial charge in [0.15, 0.2) is 5.60 Å². The molecule has 3 saturated carbocycles. The van der Waals surface area contributed by atoms with Gasteiger partial charge in [-0.15, -0.1) is 0 Å². The molecule has 9 unspecified atom stereocenters. The summed E-state index contributed by atoms with van der Waals surface area (Å²) >= 11 is 0. The lowest BCUT2D eigenvalue weighted by molar-refractivity contribution is -0.289. The smallest absolute Gasteiger partial charge is 0.392 e. The van der Waals surface area contributed by atoms with E-state index in [0.717, 1.165) is 20.5 Å². The van der Waals surface area contributed by atoms with Crippen LogP contribution in [-0.4, -0.2) is 30.1 Å². The third-order valence-electron chi connectivity index (χ3n) is 7.29. The highest BCUT2D eigenvalue weighted by Gasteiger charge is 2.68. The highest BCUT2D eigenvalue weighted by Crippen LogP contribution is 2.66. The van der Waals surface area contributed by atoms with Crippen molar-refractivity contribution in [2.45, 2.75) is 51.5 Å². The molecular formula is C16H25F3O2. The summed E-state index contributed by atoms with van der Waals surface area (Å²) in [5.74, 6) is 1.33. The standard InChI is InChI=1S/C16H25F3O2/c1-7-8(2)10-5-9(7)11-6-12(14(20)13(10)11)15(3,21-4)16(17,18)19/h7-14,20H,5-6H2,1-4H3. The second kappa shape index (κ2) is 4.60. The Morgan fingerprint density at radius 2 is 1.57 bits per heavy atom. The largest absolute Gasteiger partial charge is 0.417 e. The maximum Gasteiger partial charge on any atom is 0.417 e. The lowest BCUT2D eigenvalue weighted by atomic mass is 9.70. The Labute approximate surface area is 124 Å². The van der Waals surface area contributed by atoms with E-state index in [9.17, 15) is 18.3 Å². The van der Waals surface area contributed by atoms with Crippen LogP contribution in [0.4, 0.5) is 13.2 Å². The van der Waals surface area contributed by atoms with Crippen LogP contribution in [0.1, 0.15) is 33.6 Å². The van der Waals surface area contributed by atoms with Crippen molar-refractivity contribution in [2.75, 3.05) is 7.11 Å². The van der Waals surface area contributed by atoms with Crippen molar-refractivity contribution < 1.29 is 23.0 Å². The number of aliphatic hydroxyl groups excluding tert-OH is 1. The Bertz CT molecular complexity index is 424. The molecule has 3 fully saturated rings. The fourth-order valence-corrected chi connectivity index (χ4v) is 5.77. The number of halogens is 3. The van der Waals surface area contributed by atoms with E-state index in [2.05, 4.69) is 13.8 Å². The quantitative estimate of drug-likeness (QED) is 0.846. The molecule has 3 aliphatic rings. The van der Waals surface area contributed by atoms with Crippen LogP contribution < -0.4 is 0 Å². The molecule has 0 aromatic carbocycles. The van der Waals surface area contributed by atoms with E-state index in [0.29, 0.717) is 30.1 Å². The summed E-state index contributed by atoms with van der Waals surface area (Å²) in [5, 5.41) is 10.6. The number of alkyl halides is 3. The molecule has 0 spiro atoms. The second-order valence-corrected chi connectivity index (χ2v) is 7.66. The fourth-order valence-electron chi connectivity index (χ4n) is 5.77. The van der Waals surface area contributed by atoms with Gasteiger partial charge in [0.25, 0.3) is 0 Å². The Balaban J connectivity index is 1.90. The summed E-state index contributed by atoms with van der Waals surface area (Å²) in [7, 11) is 1.11. The Hall–Kier alpha value is -0.290. The average molecular weight is 306 g/mol. The van der Waals surface area contributed by atoms with Gasteiger partial charge in [-0.1, -0.05) is 13.8 Å². The van der Waals surface area contributed by atoms with Crippen molar-refractivity contribution >= 4 is 0 Å². The molecule has 1 N–H and O–H groups in total. The van der Waals surface area contributed by atoms with Crippen molar-refractivity contribution in [3.8, 4) is 0 Å². The Morgan fingerprint density at radius 1 is 1.00 bits per heavy atom. The van der Waals surface area contributed by atoms with Crippen LogP contribution in [0.15, 0.2) is 0 Å². The molecular weight excluding hydrogens is 281 g/mol. The van der Waals surface area contributed by atoms with Crippen LogP contribution in [0.2, 0.25) is 0 Å². The lowest BCUT2D eigenvalue weighted by Gasteiger charge is -2.39. The number of hydrogen-bond donors (Lipinski definition) is 1. The van der Waals surface area contributed by atoms with Crippen molar-refractivity contribution in [3.63, 3.8) is 0 Å². The topological polar surface area (TPSA) is 29.5 Å². The first-order valence-electron chi connectivity index (χ1n) is 7.93. The van der Waals surface area contributed by atoms with E-state index < -0.39 is 23.8 Å². The van der Waals surface area contributed by atoms with Crippen LogP contribution in [0, 0.1) is 41.4 Å². The molecule has 0 aromatic heterocycles. The normalized spacial score (nSPS) is 52.0. The van der Waals surface area contributed by atoms with Gasteiger partial charge in [-0.05, 0) is 55.3 Å². The number of aliphatic hydroxyl groups is 1. The monoisotopic (exact) mass is 306 g/mol. The number of hydrogen-bond acceptors (Lipinski definition) is 2. The Morgan fingerprint density at radius 3 is 2.10 bits per heavy atom.